The molecule has 0 bridgehead atoms. The lowest BCUT2D eigenvalue weighted by Gasteiger charge is -2.16. The fourth-order valence-corrected chi connectivity index (χ4v) is 4.51. The Bertz CT molecular complexity index is 881. The van der Waals surface area contributed by atoms with E-state index in [1.807, 2.05) is 6.07 Å². The molecule has 1 atom stereocenters. The number of thiophene rings is 1. The standard InChI is InChI=1S/C19H21ClN2O4S/c1-10-4-5-15-11(6-10)9-16(27-15)19(24)22-21-18(23)12-7-13(20)17(26-3)14(8-12)25-2/h7-10H,4-6H2,1-3H3,(H,21,23)(H,22,24)/t10-/m1/s1. The largest absolute Gasteiger partial charge is 0.493 e. The van der Waals surface area contributed by atoms with E-state index in [2.05, 4.69) is 17.8 Å². The Morgan fingerprint density at radius 1 is 1.15 bits per heavy atom. The molecule has 0 saturated carbocycles. The molecular weight excluding hydrogens is 388 g/mol. The van der Waals surface area contributed by atoms with Gasteiger partial charge in [0, 0.05) is 10.4 Å². The summed E-state index contributed by atoms with van der Waals surface area (Å²) in [6, 6.07) is 4.87. The molecule has 2 amide bonds. The van der Waals surface area contributed by atoms with Crippen LogP contribution < -0.4 is 20.3 Å². The van der Waals surface area contributed by atoms with Crippen molar-refractivity contribution in [1.29, 1.82) is 0 Å². The number of hydrazine groups is 1. The summed E-state index contributed by atoms with van der Waals surface area (Å²) < 4.78 is 10.3. The predicted octanol–water partition coefficient (Wildman–Crippen LogP) is 3.62. The summed E-state index contributed by atoms with van der Waals surface area (Å²) in [6.07, 6.45) is 3.14. The Labute approximate surface area is 166 Å². The van der Waals surface area contributed by atoms with Crippen molar-refractivity contribution in [2.24, 2.45) is 5.92 Å². The van der Waals surface area contributed by atoms with E-state index in [1.54, 1.807) is 0 Å². The van der Waals surface area contributed by atoms with Gasteiger partial charge >= 0.3 is 0 Å². The van der Waals surface area contributed by atoms with Gasteiger partial charge in [-0.05, 0) is 48.9 Å². The summed E-state index contributed by atoms with van der Waals surface area (Å²) in [4.78, 5) is 26.6. The summed E-state index contributed by atoms with van der Waals surface area (Å²) in [5, 5.41) is 0.244. The van der Waals surface area contributed by atoms with Crippen molar-refractivity contribution < 1.29 is 19.1 Å². The van der Waals surface area contributed by atoms with Crippen molar-refractivity contribution in [3.8, 4) is 11.5 Å². The van der Waals surface area contributed by atoms with Crippen LogP contribution in [0.1, 0.15) is 43.8 Å². The normalized spacial score (nSPS) is 15.6. The van der Waals surface area contributed by atoms with Crippen molar-refractivity contribution >= 4 is 34.8 Å². The Kier molecular flexibility index (Phi) is 5.92. The quantitative estimate of drug-likeness (QED) is 0.757. The first-order valence-electron chi connectivity index (χ1n) is 8.56. The lowest BCUT2D eigenvalue weighted by Crippen LogP contribution is -2.41. The molecule has 0 unspecified atom stereocenters. The molecule has 0 fully saturated rings. The maximum absolute atomic E-state index is 12.4. The first-order valence-corrected chi connectivity index (χ1v) is 9.76. The summed E-state index contributed by atoms with van der Waals surface area (Å²) >= 11 is 7.60. The van der Waals surface area contributed by atoms with E-state index in [0.29, 0.717) is 22.3 Å². The number of methoxy groups -OCH3 is 2. The van der Waals surface area contributed by atoms with Gasteiger partial charge in [0.05, 0.1) is 24.1 Å². The van der Waals surface area contributed by atoms with Gasteiger partial charge in [-0.15, -0.1) is 11.3 Å². The Hall–Kier alpha value is -2.25. The molecule has 1 aromatic heterocycles. The van der Waals surface area contributed by atoms with Crippen molar-refractivity contribution in [2.45, 2.75) is 26.2 Å². The van der Waals surface area contributed by atoms with Gasteiger partial charge in [-0.25, -0.2) is 0 Å². The van der Waals surface area contributed by atoms with Gasteiger partial charge in [-0.2, -0.15) is 0 Å². The minimum Gasteiger partial charge on any atom is -0.493 e. The number of carbonyl (C=O) groups excluding carboxylic acids is 2. The van der Waals surface area contributed by atoms with Crippen LogP contribution in [0.25, 0.3) is 0 Å². The van der Waals surface area contributed by atoms with Gasteiger partial charge in [-0.1, -0.05) is 18.5 Å². The third-order valence-electron chi connectivity index (χ3n) is 4.54. The minimum absolute atomic E-state index is 0.244. The lowest BCUT2D eigenvalue weighted by molar-refractivity contribution is 0.0848. The number of hydrogen-bond acceptors (Lipinski definition) is 5. The van der Waals surface area contributed by atoms with Crippen molar-refractivity contribution in [3.05, 3.63) is 44.1 Å². The predicted molar refractivity (Wildman–Crippen MR) is 105 cm³/mol. The third-order valence-corrected chi connectivity index (χ3v) is 6.05. The van der Waals surface area contributed by atoms with Crippen LogP contribution in [0.2, 0.25) is 5.02 Å². The maximum atomic E-state index is 12.4. The highest BCUT2D eigenvalue weighted by Gasteiger charge is 2.21. The van der Waals surface area contributed by atoms with E-state index in [-0.39, 0.29) is 16.5 Å². The van der Waals surface area contributed by atoms with Crippen LogP contribution in [0.15, 0.2) is 18.2 Å². The van der Waals surface area contributed by atoms with Gasteiger partial charge in [0.1, 0.15) is 0 Å². The number of benzene rings is 1. The number of carbonyl (C=O) groups is 2. The van der Waals surface area contributed by atoms with E-state index >= 15 is 0 Å². The molecule has 8 heteroatoms. The number of nitrogens with one attached hydrogen (secondary N) is 2. The van der Waals surface area contributed by atoms with Crippen LogP contribution in [0, 0.1) is 5.92 Å². The Morgan fingerprint density at radius 2 is 1.89 bits per heavy atom. The number of ether oxygens (including phenoxy) is 2. The molecule has 0 spiro atoms. The molecule has 27 heavy (non-hydrogen) atoms. The highest BCUT2D eigenvalue weighted by molar-refractivity contribution is 7.14. The smallest absolute Gasteiger partial charge is 0.279 e. The summed E-state index contributed by atoms with van der Waals surface area (Å²) in [5.74, 6) is 0.486. The number of fused-ring (bicyclic) bond motifs is 1. The van der Waals surface area contributed by atoms with Crippen molar-refractivity contribution in [2.75, 3.05) is 14.2 Å². The van der Waals surface area contributed by atoms with Crippen molar-refractivity contribution in [1.82, 2.24) is 10.9 Å². The van der Waals surface area contributed by atoms with Gasteiger partial charge in [0.2, 0.25) is 0 Å². The van der Waals surface area contributed by atoms with Crippen LogP contribution in [-0.4, -0.2) is 26.0 Å². The summed E-state index contributed by atoms with van der Waals surface area (Å²) in [6.45, 7) is 2.22. The molecule has 3 rings (SSSR count). The van der Waals surface area contributed by atoms with Crippen LogP contribution in [-0.2, 0) is 12.8 Å². The van der Waals surface area contributed by atoms with Gasteiger partial charge in [0.25, 0.3) is 11.8 Å². The second kappa shape index (κ2) is 8.19. The molecule has 0 radical (unpaired) electrons. The highest BCUT2D eigenvalue weighted by Crippen LogP contribution is 2.36. The van der Waals surface area contributed by atoms with Crippen LogP contribution in [0.3, 0.4) is 0 Å². The zero-order chi connectivity index (χ0) is 19.6. The summed E-state index contributed by atoms with van der Waals surface area (Å²) in [7, 11) is 2.92. The third kappa shape index (κ3) is 4.20. The molecule has 0 saturated heterocycles. The van der Waals surface area contributed by atoms with E-state index in [0.717, 1.165) is 19.3 Å². The molecule has 1 aliphatic rings. The number of amides is 2. The van der Waals surface area contributed by atoms with Gasteiger partial charge in [0.15, 0.2) is 11.5 Å². The minimum atomic E-state index is -0.499. The second-order valence-corrected chi connectivity index (χ2v) is 8.05. The van der Waals surface area contributed by atoms with Crippen LogP contribution in [0.5, 0.6) is 11.5 Å². The second-order valence-electron chi connectivity index (χ2n) is 6.51. The molecule has 6 nitrogen and oxygen atoms in total. The lowest BCUT2D eigenvalue weighted by atomic mass is 9.90. The van der Waals surface area contributed by atoms with E-state index in [4.69, 9.17) is 21.1 Å². The first-order chi connectivity index (χ1) is 12.9. The number of rotatable bonds is 4. The molecule has 1 aromatic carbocycles. The average Bonchev–Trinajstić information content (AvgIpc) is 3.08. The zero-order valence-corrected chi connectivity index (χ0v) is 16.9. The topological polar surface area (TPSA) is 76.7 Å². The van der Waals surface area contributed by atoms with Crippen LogP contribution in [0.4, 0.5) is 0 Å². The van der Waals surface area contributed by atoms with E-state index < -0.39 is 5.91 Å². The molecule has 0 aliphatic heterocycles. The molecular formula is C19H21ClN2O4S. The Morgan fingerprint density at radius 3 is 2.59 bits per heavy atom. The monoisotopic (exact) mass is 408 g/mol. The molecule has 2 aromatic rings. The number of halogens is 1. The fourth-order valence-electron chi connectivity index (χ4n) is 3.11. The average molecular weight is 409 g/mol. The zero-order valence-electron chi connectivity index (χ0n) is 15.3. The molecule has 1 aliphatic carbocycles. The SMILES string of the molecule is COc1cc(C(=O)NNC(=O)c2cc3c(s2)CC[C@@H](C)C3)cc(Cl)c1OC. The maximum Gasteiger partial charge on any atom is 0.279 e. The molecule has 1 heterocycles. The highest BCUT2D eigenvalue weighted by atomic mass is 35.5. The first kappa shape index (κ1) is 19.5. The molecule has 2 N–H and O–H groups in total. The van der Waals surface area contributed by atoms with Crippen molar-refractivity contribution in [3.63, 3.8) is 0 Å². The van der Waals surface area contributed by atoms with Gasteiger partial charge < -0.3 is 9.47 Å². The fraction of sp³-hybridized carbons (Fsp3) is 0.368. The van der Waals surface area contributed by atoms with Crippen LogP contribution >= 0.6 is 22.9 Å². The molecule has 144 valence electrons. The van der Waals surface area contributed by atoms with E-state index in [1.165, 1.54) is 48.1 Å². The van der Waals surface area contributed by atoms with E-state index in [9.17, 15) is 9.59 Å². The van der Waals surface area contributed by atoms with Gasteiger partial charge in [-0.3, -0.25) is 20.4 Å². The number of hydrogen-bond donors (Lipinski definition) is 2. The number of aryl methyl sites for hydroxylation is 1. The Balaban J connectivity index is 1.67. The summed E-state index contributed by atoms with van der Waals surface area (Å²) in [5.41, 5.74) is 6.36.